The van der Waals surface area contributed by atoms with Crippen molar-refractivity contribution in [3.63, 3.8) is 0 Å². The molecule has 1 aromatic carbocycles. The molecule has 34 heavy (non-hydrogen) atoms. The molecule has 1 aliphatic carbocycles. The lowest BCUT2D eigenvalue weighted by molar-refractivity contribution is 0.0594. The van der Waals surface area contributed by atoms with Gasteiger partial charge in [0.2, 0.25) is 0 Å². The molecular formula is C26H30N4O4. The summed E-state index contributed by atoms with van der Waals surface area (Å²) in [5, 5.41) is 0.199. The van der Waals surface area contributed by atoms with Crippen LogP contribution in [0.25, 0.3) is 11.0 Å². The number of aromatic amines is 1. The van der Waals surface area contributed by atoms with E-state index in [1.54, 1.807) is 11.0 Å². The molecule has 2 fully saturated rings. The molecule has 8 nitrogen and oxygen atoms in total. The van der Waals surface area contributed by atoms with Crippen molar-refractivity contribution < 1.29 is 9.53 Å². The van der Waals surface area contributed by atoms with Gasteiger partial charge in [0.1, 0.15) is 11.9 Å². The first-order valence-electron chi connectivity index (χ1n) is 12.1. The van der Waals surface area contributed by atoms with Gasteiger partial charge < -0.3 is 9.64 Å². The molecule has 0 atom stereocenters. The van der Waals surface area contributed by atoms with Gasteiger partial charge in [0, 0.05) is 44.1 Å². The predicted octanol–water partition coefficient (Wildman–Crippen LogP) is 3.28. The van der Waals surface area contributed by atoms with Crippen LogP contribution >= 0.6 is 0 Å². The third kappa shape index (κ3) is 4.02. The number of H-pyrrole nitrogens is 1. The number of nitrogens with zero attached hydrogens (tertiary/aromatic N) is 3. The van der Waals surface area contributed by atoms with Gasteiger partial charge in [-0.1, -0.05) is 18.2 Å². The number of piperidine rings is 1. The highest BCUT2D eigenvalue weighted by molar-refractivity contribution is 6.05. The zero-order valence-electron chi connectivity index (χ0n) is 19.9. The molecule has 2 aromatic heterocycles. The molecule has 2 aliphatic rings. The summed E-state index contributed by atoms with van der Waals surface area (Å²) < 4.78 is 7.74. The first-order valence-corrected chi connectivity index (χ1v) is 12.1. The summed E-state index contributed by atoms with van der Waals surface area (Å²) in [6.07, 6.45) is 3.48. The summed E-state index contributed by atoms with van der Waals surface area (Å²) in [5.41, 5.74) is 2.59. The second kappa shape index (κ2) is 8.74. The number of fused-ring (bicyclic) bond motifs is 1. The third-order valence-electron chi connectivity index (χ3n) is 6.93. The minimum Gasteiger partial charge on any atom is -0.490 e. The predicted molar refractivity (Wildman–Crippen MR) is 130 cm³/mol. The number of pyridine rings is 1. The Morgan fingerprint density at radius 3 is 2.41 bits per heavy atom. The van der Waals surface area contributed by atoms with Crippen LogP contribution in [0.4, 0.5) is 0 Å². The average molecular weight is 463 g/mol. The van der Waals surface area contributed by atoms with Crippen LogP contribution in [0.3, 0.4) is 0 Å². The number of aryl methyl sites for hydroxylation is 3. The number of ether oxygens (including phenoxy) is 1. The standard InChI is InChI=1S/C26H30N4O4/c1-4-30-23-21(24(31)28-26(30)33)19(14-20(27-23)17-8-9-17)25(32)29-12-10-18(11-13-29)34-22-15(2)6-5-7-16(22)3/h5-7,14,17-18H,4,8-13H2,1-3H3,(H,28,31,33). The zero-order chi connectivity index (χ0) is 24.0. The third-order valence-corrected chi connectivity index (χ3v) is 6.93. The number of para-hydroxylation sites is 1. The molecule has 1 saturated carbocycles. The Morgan fingerprint density at radius 1 is 1.12 bits per heavy atom. The van der Waals surface area contributed by atoms with Crippen molar-refractivity contribution in [2.24, 2.45) is 0 Å². The molecule has 3 heterocycles. The lowest BCUT2D eigenvalue weighted by Gasteiger charge is -2.33. The largest absolute Gasteiger partial charge is 0.490 e. The van der Waals surface area contributed by atoms with Gasteiger partial charge in [-0.25, -0.2) is 9.78 Å². The normalized spacial score (nSPS) is 16.7. The van der Waals surface area contributed by atoms with Gasteiger partial charge >= 0.3 is 5.69 Å². The van der Waals surface area contributed by atoms with E-state index in [-0.39, 0.29) is 23.3 Å². The van der Waals surface area contributed by atoms with Gasteiger partial charge in [-0.05, 0) is 50.8 Å². The Balaban J connectivity index is 1.43. The monoisotopic (exact) mass is 462 g/mol. The fourth-order valence-corrected chi connectivity index (χ4v) is 4.84. The Labute approximate surface area is 197 Å². The van der Waals surface area contributed by atoms with Crippen LogP contribution in [0.2, 0.25) is 0 Å². The van der Waals surface area contributed by atoms with Crippen LogP contribution in [0, 0.1) is 13.8 Å². The number of amides is 1. The minimum atomic E-state index is -0.559. The second-order valence-electron chi connectivity index (χ2n) is 9.40. The Bertz CT molecular complexity index is 1360. The lowest BCUT2D eigenvalue weighted by atomic mass is 10.0. The number of likely N-dealkylation sites (tertiary alicyclic amines) is 1. The summed E-state index contributed by atoms with van der Waals surface area (Å²) >= 11 is 0. The number of aromatic nitrogens is 3. The molecule has 3 aromatic rings. The minimum absolute atomic E-state index is 0.0359. The van der Waals surface area contributed by atoms with Gasteiger partial charge in [-0.15, -0.1) is 0 Å². The smallest absolute Gasteiger partial charge is 0.329 e. The Kier molecular flexibility index (Phi) is 5.75. The molecule has 0 unspecified atom stereocenters. The van der Waals surface area contributed by atoms with E-state index in [0.29, 0.717) is 43.7 Å². The molecule has 0 spiro atoms. The summed E-state index contributed by atoms with van der Waals surface area (Å²) in [4.78, 5) is 47.6. The second-order valence-corrected chi connectivity index (χ2v) is 9.40. The Hall–Kier alpha value is -3.42. The zero-order valence-corrected chi connectivity index (χ0v) is 19.9. The fourth-order valence-electron chi connectivity index (χ4n) is 4.84. The highest BCUT2D eigenvalue weighted by Gasteiger charge is 2.31. The molecule has 5 rings (SSSR count). The number of carbonyl (C=O) groups is 1. The molecule has 178 valence electrons. The molecular weight excluding hydrogens is 432 g/mol. The first-order chi connectivity index (χ1) is 16.4. The van der Waals surface area contributed by atoms with Crippen LogP contribution in [-0.4, -0.2) is 44.5 Å². The van der Waals surface area contributed by atoms with Crippen LogP contribution in [0.1, 0.15) is 65.7 Å². The number of benzene rings is 1. The summed E-state index contributed by atoms with van der Waals surface area (Å²) in [6.45, 7) is 7.36. The lowest BCUT2D eigenvalue weighted by Crippen LogP contribution is -2.42. The van der Waals surface area contributed by atoms with E-state index >= 15 is 0 Å². The van der Waals surface area contributed by atoms with Gasteiger partial charge in [0.15, 0.2) is 5.65 Å². The van der Waals surface area contributed by atoms with Gasteiger partial charge in [-0.3, -0.25) is 19.1 Å². The fraction of sp³-hybridized carbons (Fsp3) is 0.462. The van der Waals surface area contributed by atoms with E-state index in [1.165, 1.54) is 4.57 Å². The van der Waals surface area contributed by atoms with Crippen LogP contribution < -0.4 is 16.0 Å². The van der Waals surface area contributed by atoms with E-state index < -0.39 is 11.2 Å². The van der Waals surface area contributed by atoms with Crippen LogP contribution in [-0.2, 0) is 6.54 Å². The number of rotatable bonds is 5. The molecule has 8 heteroatoms. The van der Waals surface area contributed by atoms with Gasteiger partial charge in [0.25, 0.3) is 11.5 Å². The quantitative estimate of drug-likeness (QED) is 0.628. The topological polar surface area (TPSA) is 97.3 Å². The van der Waals surface area contributed by atoms with Crippen molar-refractivity contribution in [1.82, 2.24) is 19.4 Å². The van der Waals surface area contributed by atoms with Gasteiger partial charge in [0.05, 0.1) is 10.9 Å². The van der Waals surface area contributed by atoms with E-state index in [0.717, 1.165) is 35.4 Å². The molecule has 1 amide bonds. The highest BCUT2D eigenvalue weighted by Crippen LogP contribution is 2.40. The van der Waals surface area contributed by atoms with Crippen molar-refractivity contribution in [3.8, 4) is 5.75 Å². The highest BCUT2D eigenvalue weighted by atomic mass is 16.5. The SMILES string of the molecule is CCn1c(=O)[nH]c(=O)c2c(C(=O)N3CCC(Oc4c(C)cccc4C)CC3)cc(C3CC3)nc21. The van der Waals surface area contributed by atoms with Crippen molar-refractivity contribution in [1.29, 1.82) is 0 Å². The van der Waals surface area contributed by atoms with Crippen molar-refractivity contribution >= 4 is 16.9 Å². The van der Waals surface area contributed by atoms with Crippen molar-refractivity contribution in [2.75, 3.05) is 13.1 Å². The van der Waals surface area contributed by atoms with E-state index in [4.69, 9.17) is 4.74 Å². The summed E-state index contributed by atoms with van der Waals surface area (Å²) in [5.74, 6) is 1.02. The molecule has 1 aliphatic heterocycles. The van der Waals surface area contributed by atoms with Crippen LogP contribution in [0.15, 0.2) is 33.9 Å². The molecule has 0 radical (unpaired) electrons. The maximum absolute atomic E-state index is 13.6. The van der Waals surface area contributed by atoms with Gasteiger partial charge in [-0.2, -0.15) is 0 Å². The Morgan fingerprint density at radius 2 is 1.79 bits per heavy atom. The van der Waals surface area contributed by atoms with E-state index in [9.17, 15) is 14.4 Å². The number of hydrogen-bond acceptors (Lipinski definition) is 5. The maximum Gasteiger partial charge on any atom is 0.329 e. The number of carbonyl (C=O) groups excluding carboxylic acids is 1. The first kappa shape index (κ1) is 22.4. The van der Waals surface area contributed by atoms with E-state index in [1.807, 2.05) is 39.0 Å². The van der Waals surface area contributed by atoms with Crippen molar-refractivity contribution in [2.45, 2.75) is 65.0 Å². The van der Waals surface area contributed by atoms with E-state index in [2.05, 4.69) is 9.97 Å². The van der Waals surface area contributed by atoms with Crippen molar-refractivity contribution in [3.05, 3.63) is 67.5 Å². The molecule has 0 bridgehead atoms. The van der Waals surface area contributed by atoms with Crippen LogP contribution in [0.5, 0.6) is 5.75 Å². The number of hydrogen-bond donors (Lipinski definition) is 1. The molecule has 1 saturated heterocycles. The summed E-state index contributed by atoms with van der Waals surface area (Å²) in [7, 11) is 0. The maximum atomic E-state index is 13.6. The average Bonchev–Trinajstić information content (AvgIpc) is 3.66. The summed E-state index contributed by atoms with van der Waals surface area (Å²) in [6, 6.07) is 7.87. The molecule has 1 N–H and O–H groups in total. The number of nitrogens with one attached hydrogen (secondary N) is 1.